The Morgan fingerprint density at radius 3 is 1.85 bits per heavy atom. The molecule has 0 aromatic heterocycles. The number of esters is 1. The van der Waals surface area contributed by atoms with Gasteiger partial charge >= 0.3 is 5.97 Å². The van der Waals surface area contributed by atoms with Gasteiger partial charge in [0.25, 0.3) is 0 Å². The first kappa shape index (κ1) is 16.4. The van der Waals surface area contributed by atoms with E-state index < -0.39 is 5.92 Å². The van der Waals surface area contributed by atoms with Crippen molar-refractivity contribution in [3.05, 3.63) is 89.0 Å². The highest BCUT2D eigenvalue weighted by Crippen LogP contribution is 2.45. The number of aryl methyl sites for hydroxylation is 2. The number of ether oxygens (including phenoxy) is 1. The number of hydrogen-bond donors (Lipinski definition) is 0. The van der Waals surface area contributed by atoms with E-state index in [1.807, 2.05) is 87.6 Å². The van der Waals surface area contributed by atoms with Crippen molar-refractivity contribution < 1.29 is 9.53 Å². The summed E-state index contributed by atoms with van der Waals surface area (Å²) in [4.78, 5) is 15.4. The SMILES string of the molecule is Cc1cccc(C)c1OC(=O)C1c2ccccc2N(C)c2ccccc21. The van der Waals surface area contributed by atoms with E-state index in [9.17, 15) is 4.79 Å². The maximum Gasteiger partial charge on any atom is 0.323 e. The summed E-state index contributed by atoms with van der Waals surface area (Å²) < 4.78 is 5.91. The minimum Gasteiger partial charge on any atom is -0.425 e. The van der Waals surface area contributed by atoms with Crippen LogP contribution in [0.3, 0.4) is 0 Å². The standard InChI is InChI=1S/C23H21NO2/c1-15-9-8-10-16(2)22(15)26-23(25)21-17-11-4-6-13-19(17)24(3)20-14-7-5-12-18(20)21/h4-14,21H,1-3H3. The Morgan fingerprint density at radius 1 is 0.808 bits per heavy atom. The van der Waals surface area contributed by atoms with Crippen LogP contribution in [-0.2, 0) is 4.79 Å². The molecule has 26 heavy (non-hydrogen) atoms. The first-order valence-electron chi connectivity index (χ1n) is 8.77. The van der Waals surface area contributed by atoms with Crippen molar-refractivity contribution in [1.82, 2.24) is 0 Å². The van der Waals surface area contributed by atoms with E-state index in [0.29, 0.717) is 5.75 Å². The first-order chi connectivity index (χ1) is 12.6. The van der Waals surface area contributed by atoms with Gasteiger partial charge in [0.15, 0.2) is 0 Å². The van der Waals surface area contributed by atoms with Crippen LogP contribution in [0.2, 0.25) is 0 Å². The lowest BCUT2D eigenvalue weighted by Crippen LogP contribution is -2.28. The van der Waals surface area contributed by atoms with E-state index in [2.05, 4.69) is 4.90 Å². The van der Waals surface area contributed by atoms with E-state index in [0.717, 1.165) is 33.6 Å². The van der Waals surface area contributed by atoms with Crippen LogP contribution in [0.5, 0.6) is 5.75 Å². The third-order valence-electron chi connectivity index (χ3n) is 5.07. The van der Waals surface area contributed by atoms with Crippen LogP contribution in [-0.4, -0.2) is 13.0 Å². The lowest BCUT2D eigenvalue weighted by molar-refractivity contribution is -0.135. The van der Waals surface area contributed by atoms with Crippen LogP contribution in [0, 0.1) is 13.8 Å². The number of carbonyl (C=O) groups excluding carboxylic acids is 1. The minimum absolute atomic E-state index is 0.240. The number of hydrogen-bond acceptors (Lipinski definition) is 3. The summed E-state index contributed by atoms with van der Waals surface area (Å²) in [6, 6.07) is 22.0. The molecule has 3 aromatic rings. The molecular formula is C23H21NO2. The zero-order chi connectivity index (χ0) is 18.3. The molecule has 0 aliphatic carbocycles. The minimum atomic E-state index is -0.433. The Morgan fingerprint density at radius 2 is 1.31 bits per heavy atom. The zero-order valence-electron chi connectivity index (χ0n) is 15.2. The molecule has 4 rings (SSSR count). The Labute approximate surface area is 153 Å². The highest BCUT2D eigenvalue weighted by Gasteiger charge is 2.34. The summed E-state index contributed by atoms with van der Waals surface area (Å²) in [6.07, 6.45) is 0. The molecular weight excluding hydrogens is 322 g/mol. The van der Waals surface area contributed by atoms with Gasteiger partial charge in [-0.3, -0.25) is 4.79 Å². The molecule has 1 aliphatic heterocycles. The normalized spacial score (nSPS) is 13.1. The lowest BCUT2D eigenvalue weighted by atomic mass is 9.85. The molecule has 0 atom stereocenters. The molecule has 3 aromatic carbocycles. The summed E-state index contributed by atoms with van der Waals surface area (Å²) >= 11 is 0. The van der Waals surface area contributed by atoms with Crippen LogP contribution >= 0.6 is 0 Å². The van der Waals surface area contributed by atoms with Gasteiger partial charge in [0.2, 0.25) is 0 Å². The van der Waals surface area contributed by atoms with Crippen molar-refractivity contribution in [2.24, 2.45) is 0 Å². The third kappa shape index (κ3) is 2.57. The molecule has 3 heteroatoms. The molecule has 3 nitrogen and oxygen atoms in total. The Kier molecular flexibility index (Phi) is 4.00. The maximum absolute atomic E-state index is 13.3. The molecule has 1 heterocycles. The molecule has 0 bridgehead atoms. The smallest absolute Gasteiger partial charge is 0.323 e. The summed E-state index contributed by atoms with van der Waals surface area (Å²) in [5.41, 5.74) is 5.96. The Hall–Kier alpha value is -3.07. The van der Waals surface area contributed by atoms with Crippen LogP contribution in [0.1, 0.15) is 28.2 Å². The van der Waals surface area contributed by atoms with E-state index in [1.165, 1.54) is 0 Å². The monoisotopic (exact) mass is 343 g/mol. The summed E-state index contributed by atoms with van der Waals surface area (Å²) in [6.45, 7) is 3.93. The van der Waals surface area contributed by atoms with Gasteiger partial charge in [-0.25, -0.2) is 0 Å². The molecule has 0 saturated heterocycles. The quantitative estimate of drug-likeness (QED) is 0.478. The van der Waals surface area contributed by atoms with Gasteiger partial charge in [-0.05, 0) is 48.2 Å². The van der Waals surface area contributed by atoms with Crippen molar-refractivity contribution in [2.45, 2.75) is 19.8 Å². The van der Waals surface area contributed by atoms with Gasteiger partial charge in [0, 0.05) is 18.4 Å². The van der Waals surface area contributed by atoms with Crippen LogP contribution in [0.4, 0.5) is 11.4 Å². The Balaban J connectivity index is 1.81. The van der Waals surface area contributed by atoms with Gasteiger partial charge < -0.3 is 9.64 Å². The number of anilines is 2. The van der Waals surface area contributed by atoms with Crippen molar-refractivity contribution in [1.29, 1.82) is 0 Å². The summed E-state index contributed by atoms with van der Waals surface area (Å²) in [5.74, 6) is -0.0144. The summed E-state index contributed by atoms with van der Waals surface area (Å²) in [5, 5.41) is 0. The number of nitrogens with zero attached hydrogens (tertiary/aromatic N) is 1. The maximum atomic E-state index is 13.3. The van der Waals surface area contributed by atoms with E-state index in [-0.39, 0.29) is 5.97 Å². The second-order valence-corrected chi connectivity index (χ2v) is 6.75. The van der Waals surface area contributed by atoms with Gasteiger partial charge in [-0.1, -0.05) is 54.6 Å². The Bertz CT molecular complexity index is 925. The molecule has 0 N–H and O–H groups in total. The predicted molar refractivity (Wildman–Crippen MR) is 104 cm³/mol. The zero-order valence-corrected chi connectivity index (χ0v) is 15.2. The molecule has 0 saturated carbocycles. The van der Waals surface area contributed by atoms with Crippen LogP contribution in [0.25, 0.3) is 0 Å². The lowest BCUT2D eigenvalue weighted by Gasteiger charge is -2.34. The highest BCUT2D eigenvalue weighted by atomic mass is 16.5. The van der Waals surface area contributed by atoms with Crippen molar-refractivity contribution in [3.63, 3.8) is 0 Å². The van der Waals surface area contributed by atoms with E-state index in [1.54, 1.807) is 0 Å². The average molecular weight is 343 g/mol. The van der Waals surface area contributed by atoms with E-state index in [4.69, 9.17) is 4.74 Å². The topological polar surface area (TPSA) is 29.5 Å². The number of para-hydroxylation sites is 3. The third-order valence-corrected chi connectivity index (χ3v) is 5.07. The van der Waals surface area contributed by atoms with Crippen LogP contribution < -0.4 is 9.64 Å². The van der Waals surface area contributed by atoms with Crippen molar-refractivity contribution in [2.75, 3.05) is 11.9 Å². The number of rotatable bonds is 2. The number of fused-ring (bicyclic) bond motifs is 2. The highest BCUT2D eigenvalue weighted by molar-refractivity contribution is 5.92. The largest absolute Gasteiger partial charge is 0.425 e. The van der Waals surface area contributed by atoms with Gasteiger partial charge in [-0.15, -0.1) is 0 Å². The molecule has 0 spiro atoms. The second kappa shape index (κ2) is 6.34. The van der Waals surface area contributed by atoms with Gasteiger partial charge in [0.1, 0.15) is 11.7 Å². The molecule has 0 radical (unpaired) electrons. The predicted octanol–water partition coefficient (Wildman–Crippen LogP) is 5.12. The fraction of sp³-hybridized carbons (Fsp3) is 0.174. The first-order valence-corrected chi connectivity index (χ1v) is 8.77. The molecule has 0 fully saturated rings. The van der Waals surface area contributed by atoms with Crippen molar-refractivity contribution in [3.8, 4) is 5.75 Å². The fourth-order valence-corrected chi connectivity index (χ4v) is 3.75. The molecule has 1 aliphatic rings. The number of benzene rings is 3. The van der Waals surface area contributed by atoms with Gasteiger partial charge in [-0.2, -0.15) is 0 Å². The van der Waals surface area contributed by atoms with Crippen LogP contribution in [0.15, 0.2) is 66.7 Å². The summed E-state index contributed by atoms with van der Waals surface area (Å²) in [7, 11) is 2.03. The number of carbonyl (C=O) groups is 1. The second-order valence-electron chi connectivity index (χ2n) is 6.75. The molecule has 0 amide bonds. The average Bonchev–Trinajstić information content (AvgIpc) is 2.65. The van der Waals surface area contributed by atoms with Crippen molar-refractivity contribution >= 4 is 17.3 Å². The molecule has 130 valence electrons. The molecule has 0 unspecified atom stereocenters. The van der Waals surface area contributed by atoms with E-state index >= 15 is 0 Å². The fourth-order valence-electron chi connectivity index (χ4n) is 3.75. The van der Waals surface area contributed by atoms with Gasteiger partial charge in [0.05, 0.1) is 0 Å².